The molecule has 0 atom stereocenters. The molecule has 0 heteroatoms. The second kappa shape index (κ2) is 7.47. The van der Waals surface area contributed by atoms with Crippen molar-refractivity contribution >= 4 is 10.8 Å². The van der Waals surface area contributed by atoms with Crippen LogP contribution in [0.15, 0.2) is 30.3 Å². The Kier molecular flexibility index (Phi) is 5.64. The molecule has 0 aliphatic rings. The first-order chi connectivity index (χ1) is 9.81. The molecule has 0 spiro atoms. The van der Waals surface area contributed by atoms with E-state index in [1.165, 1.54) is 49.3 Å². The molecule has 0 fully saturated rings. The molecule has 0 amide bonds. The van der Waals surface area contributed by atoms with Crippen molar-refractivity contribution in [3.8, 4) is 0 Å². The molecule has 0 heterocycles. The average molecular weight is 268 g/mol. The minimum Gasteiger partial charge on any atom is -0.0654 e. The van der Waals surface area contributed by atoms with Crippen molar-refractivity contribution in [3.05, 3.63) is 47.0 Å². The Balaban J connectivity index is 2.54. The quantitative estimate of drug-likeness (QED) is 0.570. The smallest absolute Gasteiger partial charge is 0.0149 e. The highest BCUT2D eigenvalue weighted by molar-refractivity contribution is 5.87. The van der Waals surface area contributed by atoms with E-state index in [-0.39, 0.29) is 0 Å². The van der Waals surface area contributed by atoms with E-state index in [1.807, 2.05) is 0 Å². The van der Waals surface area contributed by atoms with Crippen molar-refractivity contribution in [3.63, 3.8) is 0 Å². The first-order valence-electron chi connectivity index (χ1n) is 8.34. The van der Waals surface area contributed by atoms with Crippen molar-refractivity contribution in [2.75, 3.05) is 0 Å². The number of aryl methyl sites for hydroxylation is 2. The predicted octanol–water partition coefficient (Wildman–Crippen LogP) is 6.09. The number of hydrogen-bond donors (Lipinski definition) is 0. The van der Waals surface area contributed by atoms with Crippen molar-refractivity contribution in [2.24, 2.45) is 0 Å². The monoisotopic (exact) mass is 268 g/mol. The molecule has 0 aromatic heterocycles. The predicted molar refractivity (Wildman–Crippen MR) is 90.6 cm³/mol. The number of hydrogen-bond acceptors (Lipinski definition) is 0. The Morgan fingerprint density at radius 2 is 1.50 bits per heavy atom. The first-order valence-corrected chi connectivity index (χ1v) is 8.34. The largest absolute Gasteiger partial charge is 0.0654 e. The first kappa shape index (κ1) is 15.1. The zero-order valence-electron chi connectivity index (χ0n) is 13.3. The third-order valence-electron chi connectivity index (χ3n) is 4.30. The Morgan fingerprint density at radius 1 is 0.800 bits per heavy atom. The summed E-state index contributed by atoms with van der Waals surface area (Å²) in [6.07, 6.45) is 8.83. The van der Waals surface area contributed by atoms with Crippen LogP contribution in [0.1, 0.15) is 63.1 Å². The van der Waals surface area contributed by atoms with Gasteiger partial charge in [0.05, 0.1) is 0 Å². The van der Waals surface area contributed by atoms with Crippen molar-refractivity contribution < 1.29 is 0 Å². The number of fused-ring (bicyclic) bond motifs is 1. The van der Waals surface area contributed by atoms with Crippen molar-refractivity contribution in [1.29, 1.82) is 0 Å². The van der Waals surface area contributed by atoms with Crippen LogP contribution in [0.2, 0.25) is 0 Å². The molecule has 0 nitrogen and oxygen atoms in total. The van der Waals surface area contributed by atoms with Gasteiger partial charge in [-0.15, -0.1) is 0 Å². The van der Waals surface area contributed by atoms with Gasteiger partial charge in [-0.1, -0.05) is 63.9 Å². The summed E-state index contributed by atoms with van der Waals surface area (Å²) in [5.74, 6) is 0. The Hall–Kier alpha value is -1.30. The lowest BCUT2D eigenvalue weighted by Gasteiger charge is -2.17. The van der Waals surface area contributed by atoms with Gasteiger partial charge in [0.1, 0.15) is 0 Å². The van der Waals surface area contributed by atoms with Crippen LogP contribution in [0.3, 0.4) is 0 Å². The minimum absolute atomic E-state index is 1.15. The lowest BCUT2D eigenvalue weighted by molar-refractivity contribution is 0.753. The molecule has 108 valence electrons. The van der Waals surface area contributed by atoms with E-state index in [9.17, 15) is 0 Å². The van der Waals surface area contributed by atoms with Gasteiger partial charge in [0.2, 0.25) is 0 Å². The third-order valence-corrected chi connectivity index (χ3v) is 4.30. The Morgan fingerprint density at radius 3 is 2.20 bits per heavy atom. The normalized spacial score (nSPS) is 11.2. The molecule has 0 aliphatic heterocycles. The molecule has 0 saturated carbocycles. The molecular formula is C20H28. The average Bonchev–Trinajstić information content (AvgIpc) is 2.49. The van der Waals surface area contributed by atoms with E-state index in [2.05, 4.69) is 51.1 Å². The van der Waals surface area contributed by atoms with Crippen LogP contribution < -0.4 is 0 Å². The van der Waals surface area contributed by atoms with E-state index in [1.54, 1.807) is 16.7 Å². The zero-order valence-corrected chi connectivity index (χ0v) is 13.3. The summed E-state index contributed by atoms with van der Waals surface area (Å²) in [5, 5.41) is 2.90. The van der Waals surface area contributed by atoms with Gasteiger partial charge < -0.3 is 0 Å². The highest BCUT2D eigenvalue weighted by Crippen LogP contribution is 2.29. The molecule has 0 bridgehead atoms. The molecule has 20 heavy (non-hydrogen) atoms. The van der Waals surface area contributed by atoms with Crippen LogP contribution in [0.4, 0.5) is 0 Å². The maximum atomic E-state index is 2.45. The van der Waals surface area contributed by atoms with Gasteiger partial charge in [0.25, 0.3) is 0 Å². The second-order valence-corrected chi connectivity index (χ2v) is 5.77. The fraction of sp³-hybridized carbons (Fsp3) is 0.500. The standard InChI is InChI=1S/C20H28/c1-4-7-11-16-15-17-12-9-10-14-20(17)18(6-3)19(16)13-8-5-2/h9-10,12,14-15H,4-8,11,13H2,1-3H3. The summed E-state index contributed by atoms with van der Waals surface area (Å²) >= 11 is 0. The van der Waals surface area contributed by atoms with E-state index in [0.717, 1.165) is 6.42 Å². The van der Waals surface area contributed by atoms with Crippen LogP contribution in [0.25, 0.3) is 10.8 Å². The van der Waals surface area contributed by atoms with Crippen LogP contribution >= 0.6 is 0 Å². The molecule has 0 saturated heterocycles. The lowest BCUT2D eigenvalue weighted by atomic mass is 9.88. The topological polar surface area (TPSA) is 0 Å². The summed E-state index contributed by atoms with van der Waals surface area (Å²) in [7, 11) is 0. The molecule has 2 rings (SSSR count). The van der Waals surface area contributed by atoms with Gasteiger partial charge in [0, 0.05) is 0 Å². The molecule has 0 aliphatic carbocycles. The number of benzene rings is 2. The zero-order chi connectivity index (χ0) is 14.4. The highest BCUT2D eigenvalue weighted by atomic mass is 14.2. The number of rotatable bonds is 7. The van der Waals surface area contributed by atoms with Crippen LogP contribution in [-0.2, 0) is 19.3 Å². The lowest BCUT2D eigenvalue weighted by Crippen LogP contribution is -2.02. The molecular weight excluding hydrogens is 240 g/mol. The van der Waals surface area contributed by atoms with Gasteiger partial charge in [-0.2, -0.15) is 0 Å². The fourth-order valence-electron chi connectivity index (χ4n) is 3.19. The molecule has 0 N–H and O–H groups in total. The summed E-state index contributed by atoms with van der Waals surface area (Å²) in [6.45, 7) is 6.88. The van der Waals surface area contributed by atoms with E-state index >= 15 is 0 Å². The van der Waals surface area contributed by atoms with E-state index < -0.39 is 0 Å². The van der Waals surface area contributed by atoms with Crippen LogP contribution in [0.5, 0.6) is 0 Å². The van der Waals surface area contributed by atoms with Gasteiger partial charge in [-0.3, -0.25) is 0 Å². The van der Waals surface area contributed by atoms with Gasteiger partial charge in [-0.25, -0.2) is 0 Å². The molecule has 2 aromatic rings. The highest BCUT2D eigenvalue weighted by Gasteiger charge is 2.11. The van der Waals surface area contributed by atoms with E-state index in [0.29, 0.717) is 0 Å². The third kappa shape index (κ3) is 3.23. The maximum absolute atomic E-state index is 2.45. The van der Waals surface area contributed by atoms with Crippen molar-refractivity contribution in [2.45, 2.75) is 65.7 Å². The molecule has 0 radical (unpaired) electrons. The van der Waals surface area contributed by atoms with Crippen molar-refractivity contribution in [1.82, 2.24) is 0 Å². The minimum atomic E-state index is 1.15. The summed E-state index contributed by atoms with van der Waals surface area (Å²) in [4.78, 5) is 0. The van der Waals surface area contributed by atoms with E-state index in [4.69, 9.17) is 0 Å². The summed E-state index contributed by atoms with van der Waals surface area (Å²) in [5.41, 5.74) is 4.86. The summed E-state index contributed by atoms with van der Waals surface area (Å²) in [6, 6.07) is 11.4. The Bertz CT molecular complexity index is 551. The number of unbranched alkanes of at least 4 members (excludes halogenated alkanes) is 2. The molecule has 0 unspecified atom stereocenters. The Labute approximate surface area is 124 Å². The SMILES string of the molecule is CCCCc1cc2ccccc2c(CC)c1CCCC. The van der Waals surface area contributed by atoms with Crippen LogP contribution in [0, 0.1) is 0 Å². The van der Waals surface area contributed by atoms with Gasteiger partial charge >= 0.3 is 0 Å². The summed E-state index contributed by atoms with van der Waals surface area (Å²) < 4.78 is 0. The fourth-order valence-corrected chi connectivity index (χ4v) is 3.19. The maximum Gasteiger partial charge on any atom is -0.0149 e. The van der Waals surface area contributed by atoms with Crippen LogP contribution in [-0.4, -0.2) is 0 Å². The molecule has 2 aromatic carbocycles. The van der Waals surface area contributed by atoms with Gasteiger partial charge in [-0.05, 0) is 59.6 Å². The van der Waals surface area contributed by atoms with Gasteiger partial charge in [0.15, 0.2) is 0 Å². The second-order valence-electron chi connectivity index (χ2n) is 5.77.